The molecule has 13 heteroatoms. The number of alkyl halides is 4. The Balaban J connectivity index is 1.68. The number of nitrogens with two attached hydrogens (primary N) is 1. The Labute approximate surface area is 182 Å². The van der Waals surface area contributed by atoms with E-state index >= 15 is 0 Å². The average Bonchev–Trinajstić information content (AvgIpc) is 3.15. The van der Waals surface area contributed by atoms with Crippen molar-refractivity contribution in [3.05, 3.63) is 53.4 Å². The molecule has 3 N–H and O–H groups in total. The third-order valence-electron chi connectivity index (χ3n) is 5.27. The van der Waals surface area contributed by atoms with Crippen molar-refractivity contribution < 1.29 is 31.5 Å². The summed E-state index contributed by atoms with van der Waals surface area (Å²) in [7, 11) is 0. The van der Waals surface area contributed by atoms with Gasteiger partial charge in [0.1, 0.15) is 23.7 Å². The molecule has 7 nitrogen and oxygen atoms in total. The zero-order chi connectivity index (χ0) is 23.1. The Kier molecular flexibility index (Phi) is 5.79. The summed E-state index contributed by atoms with van der Waals surface area (Å²) in [6, 6.07) is 3.47. The molecule has 0 saturated carbocycles. The number of fused-ring (bicyclic) bond motifs is 1. The molecule has 0 unspecified atom stereocenters. The van der Waals surface area contributed by atoms with Gasteiger partial charge in [-0.05, 0) is 18.2 Å². The molecule has 1 aromatic carbocycles. The number of carbonyl (C=O) groups is 1. The van der Waals surface area contributed by atoms with E-state index in [4.69, 9.17) is 10.5 Å². The molecule has 4 rings (SSSR count). The van der Waals surface area contributed by atoms with Gasteiger partial charge in [-0.15, -0.1) is 0 Å². The van der Waals surface area contributed by atoms with Crippen LogP contribution in [0.1, 0.15) is 21.7 Å². The topological polar surface area (TPSA) is 102 Å². The summed E-state index contributed by atoms with van der Waals surface area (Å²) in [4.78, 5) is 24.1. The van der Waals surface area contributed by atoms with Crippen molar-refractivity contribution in [1.82, 2.24) is 9.97 Å². The predicted octanol–water partition coefficient (Wildman–Crippen LogP) is 3.17. The minimum atomic E-state index is -4.67. The number of nitrogens with one attached hydrogen (secondary N) is 1. The van der Waals surface area contributed by atoms with Crippen LogP contribution >= 0.6 is 11.8 Å². The maximum absolute atomic E-state index is 14.9. The van der Waals surface area contributed by atoms with Crippen LogP contribution in [-0.2, 0) is 17.0 Å². The number of benzene rings is 1. The second kappa shape index (κ2) is 8.28. The number of aromatic nitrogens is 2. The van der Waals surface area contributed by atoms with Crippen molar-refractivity contribution >= 4 is 28.5 Å². The van der Waals surface area contributed by atoms with Crippen LogP contribution in [0.4, 0.5) is 27.6 Å². The SMILES string of the molecule is NC1=N[C@@]2(c3cc(NC(=O)c4cnc(CF)cn4)ccc3F)CO[C@H](C(F)(F)F)[C@H]2CS1. The minimum absolute atomic E-state index is 0.0183. The maximum Gasteiger partial charge on any atom is 0.415 e. The lowest BCUT2D eigenvalue weighted by atomic mass is 9.78. The number of anilines is 1. The number of rotatable bonds is 4. The van der Waals surface area contributed by atoms with E-state index in [1.807, 2.05) is 0 Å². The van der Waals surface area contributed by atoms with Crippen molar-refractivity contribution in [1.29, 1.82) is 0 Å². The molecule has 0 spiro atoms. The molecule has 2 aliphatic heterocycles. The first-order valence-corrected chi connectivity index (χ1v) is 10.3. The highest BCUT2D eigenvalue weighted by Gasteiger charge is 2.62. The van der Waals surface area contributed by atoms with Crippen molar-refractivity contribution in [2.24, 2.45) is 16.6 Å². The third-order valence-corrected chi connectivity index (χ3v) is 6.18. The monoisotopic (exact) mass is 473 g/mol. The highest BCUT2D eigenvalue weighted by atomic mass is 32.2. The minimum Gasteiger partial charge on any atom is -0.379 e. The number of amidine groups is 1. The number of nitrogens with zero attached hydrogens (tertiary/aromatic N) is 3. The van der Waals surface area contributed by atoms with Crippen LogP contribution in [0, 0.1) is 11.7 Å². The van der Waals surface area contributed by atoms with Gasteiger partial charge in [-0.25, -0.2) is 18.8 Å². The molecule has 3 atom stereocenters. The average molecular weight is 473 g/mol. The van der Waals surface area contributed by atoms with Crippen LogP contribution < -0.4 is 11.1 Å². The molecule has 2 aromatic rings. The van der Waals surface area contributed by atoms with Crippen LogP contribution in [0.3, 0.4) is 0 Å². The highest BCUT2D eigenvalue weighted by Crippen LogP contribution is 2.52. The fourth-order valence-corrected chi connectivity index (χ4v) is 4.79. The van der Waals surface area contributed by atoms with Crippen LogP contribution in [-0.4, -0.2) is 45.7 Å². The van der Waals surface area contributed by atoms with Gasteiger partial charge in [-0.3, -0.25) is 9.78 Å². The van der Waals surface area contributed by atoms with Crippen molar-refractivity contribution in [3.8, 4) is 0 Å². The molecular formula is C19H16F5N5O2S. The van der Waals surface area contributed by atoms with Crippen LogP contribution in [0.15, 0.2) is 35.6 Å². The van der Waals surface area contributed by atoms with E-state index in [-0.39, 0.29) is 33.6 Å². The smallest absolute Gasteiger partial charge is 0.379 e. The molecule has 1 saturated heterocycles. The van der Waals surface area contributed by atoms with Crippen molar-refractivity contribution in [3.63, 3.8) is 0 Å². The summed E-state index contributed by atoms with van der Waals surface area (Å²) >= 11 is 0.942. The first-order valence-electron chi connectivity index (χ1n) is 9.29. The third kappa shape index (κ3) is 4.01. The molecule has 0 aliphatic carbocycles. The fourth-order valence-electron chi connectivity index (χ4n) is 3.77. The van der Waals surface area contributed by atoms with E-state index in [1.54, 1.807) is 0 Å². The molecule has 0 bridgehead atoms. The largest absolute Gasteiger partial charge is 0.415 e. The van der Waals surface area contributed by atoms with Gasteiger partial charge in [0.2, 0.25) is 0 Å². The van der Waals surface area contributed by atoms with Gasteiger partial charge < -0.3 is 15.8 Å². The molecule has 1 aromatic heterocycles. The van der Waals surface area contributed by atoms with E-state index in [0.717, 1.165) is 30.2 Å². The standard InChI is InChI=1S/C19H16F5N5O2S/c20-4-10-5-27-14(6-26-10)16(30)28-9-1-2-13(21)11(3-9)18-8-31-15(19(22,23)24)12(18)7-32-17(25)29-18/h1-3,5-6,12,15H,4,7-8H2,(H2,25,29)(H,28,30)/t12-,15+,18-/m1/s1. The Hall–Kier alpha value is -2.80. The zero-order valence-electron chi connectivity index (χ0n) is 16.2. The van der Waals surface area contributed by atoms with Gasteiger partial charge in [0.15, 0.2) is 11.3 Å². The van der Waals surface area contributed by atoms with E-state index < -0.39 is 48.7 Å². The normalized spacial score (nSPS) is 25.2. The Morgan fingerprint density at radius 3 is 2.75 bits per heavy atom. The van der Waals surface area contributed by atoms with Crippen molar-refractivity contribution in [2.75, 3.05) is 17.7 Å². The van der Waals surface area contributed by atoms with Crippen LogP contribution in [0.2, 0.25) is 0 Å². The van der Waals surface area contributed by atoms with E-state index in [2.05, 4.69) is 20.3 Å². The van der Waals surface area contributed by atoms with Gasteiger partial charge in [-0.2, -0.15) is 13.2 Å². The summed E-state index contributed by atoms with van der Waals surface area (Å²) in [6.45, 7) is -1.37. The lowest BCUT2D eigenvalue weighted by Crippen LogP contribution is -2.46. The number of amides is 1. The predicted molar refractivity (Wildman–Crippen MR) is 106 cm³/mol. The van der Waals surface area contributed by atoms with Gasteiger partial charge in [0.25, 0.3) is 5.91 Å². The first kappa shape index (κ1) is 22.4. The van der Waals surface area contributed by atoms with E-state index in [0.29, 0.717) is 0 Å². The fraction of sp³-hybridized carbons (Fsp3) is 0.368. The summed E-state index contributed by atoms with van der Waals surface area (Å²) < 4.78 is 73.0. The van der Waals surface area contributed by atoms with Crippen molar-refractivity contribution in [2.45, 2.75) is 24.5 Å². The number of carbonyl (C=O) groups excluding carboxylic acids is 1. The second-order valence-corrected chi connectivity index (χ2v) is 8.28. The molecule has 32 heavy (non-hydrogen) atoms. The second-order valence-electron chi connectivity index (χ2n) is 7.24. The Morgan fingerprint density at radius 1 is 1.31 bits per heavy atom. The van der Waals surface area contributed by atoms with Crippen LogP contribution in [0.25, 0.3) is 0 Å². The lowest BCUT2D eigenvalue weighted by molar-refractivity contribution is -0.215. The molecule has 2 aliphatic rings. The van der Waals surface area contributed by atoms with Gasteiger partial charge in [0, 0.05) is 22.9 Å². The Morgan fingerprint density at radius 2 is 2.09 bits per heavy atom. The lowest BCUT2D eigenvalue weighted by Gasteiger charge is -2.36. The maximum atomic E-state index is 14.9. The molecule has 3 heterocycles. The quantitative estimate of drug-likeness (QED) is 0.662. The van der Waals surface area contributed by atoms with Gasteiger partial charge in [-0.1, -0.05) is 11.8 Å². The summed E-state index contributed by atoms with van der Waals surface area (Å²) in [6.07, 6.45) is -4.63. The number of ether oxygens (including phenoxy) is 1. The zero-order valence-corrected chi connectivity index (χ0v) is 17.0. The highest BCUT2D eigenvalue weighted by molar-refractivity contribution is 8.13. The first-order chi connectivity index (χ1) is 15.1. The molecular weight excluding hydrogens is 457 g/mol. The number of aliphatic imine (C=N–C) groups is 1. The number of thioether (sulfide) groups is 1. The van der Waals surface area contributed by atoms with E-state index in [1.165, 1.54) is 12.1 Å². The summed E-state index contributed by atoms with van der Waals surface area (Å²) in [5.74, 6) is -2.80. The molecule has 170 valence electrons. The van der Waals surface area contributed by atoms with Crippen LogP contribution in [0.5, 0.6) is 0 Å². The molecule has 1 amide bonds. The Bertz CT molecular complexity index is 1070. The number of hydrogen-bond acceptors (Lipinski definition) is 7. The number of hydrogen-bond donors (Lipinski definition) is 2. The van der Waals surface area contributed by atoms with Gasteiger partial charge in [0.05, 0.1) is 24.7 Å². The molecule has 0 radical (unpaired) electrons. The number of halogens is 5. The summed E-state index contributed by atoms with van der Waals surface area (Å²) in [5, 5.41) is 2.50. The van der Waals surface area contributed by atoms with E-state index in [9.17, 15) is 26.7 Å². The van der Waals surface area contributed by atoms with Gasteiger partial charge >= 0.3 is 6.18 Å². The molecule has 1 fully saturated rings. The summed E-state index contributed by atoms with van der Waals surface area (Å²) in [5.41, 5.74) is 3.93.